The first kappa shape index (κ1) is 13.1. The first-order valence-electron chi connectivity index (χ1n) is 5.90. The van der Waals surface area contributed by atoms with Crippen LogP contribution in [-0.2, 0) is 6.18 Å². The molecule has 2 unspecified atom stereocenters. The lowest BCUT2D eigenvalue weighted by Gasteiger charge is -2.13. The normalized spacial score (nSPS) is 24.2. The molecule has 100 valence electrons. The van der Waals surface area contributed by atoms with Gasteiger partial charge in [0.05, 0.1) is 11.7 Å². The molecule has 0 radical (unpaired) electrons. The van der Waals surface area contributed by atoms with Crippen LogP contribution >= 0.6 is 0 Å². The number of anilines is 1. The highest BCUT2D eigenvalue weighted by atomic mass is 19.4. The van der Waals surface area contributed by atoms with Gasteiger partial charge in [0.2, 0.25) is 0 Å². The van der Waals surface area contributed by atoms with Gasteiger partial charge in [0, 0.05) is 12.7 Å². The van der Waals surface area contributed by atoms with Crippen LogP contribution in [0.3, 0.4) is 0 Å². The maximum absolute atomic E-state index is 12.5. The summed E-state index contributed by atoms with van der Waals surface area (Å²) < 4.78 is 37.4. The van der Waals surface area contributed by atoms with Gasteiger partial charge in [-0.1, -0.05) is 0 Å². The Morgan fingerprint density at radius 3 is 2.78 bits per heavy atom. The van der Waals surface area contributed by atoms with Crippen LogP contribution in [0.25, 0.3) is 0 Å². The summed E-state index contributed by atoms with van der Waals surface area (Å²) in [6, 6.07) is 1.95. The molecular formula is C12H15F3N2O. The second-order valence-corrected chi connectivity index (χ2v) is 4.64. The van der Waals surface area contributed by atoms with Crippen molar-refractivity contribution < 1.29 is 18.3 Å². The second-order valence-electron chi connectivity index (χ2n) is 4.64. The maximum atomic E-state index is 12.5. The third-order valence-electron chi connectivity index (χ3n) is 3.17. The zero-order valence-corrected chi connectivity index (χ0v) is 9.74. The summed E-state index contributed by atoms with van der Waals surface area (Å²) in [6.45, 7) is 0.547. The van der Waals surface area contributed by atoms with E-state index in [2.05, 4.69) is 10.3 Å². The number of nitrogens with zero attached hydrogens (tertiary/aromatic N) is 1. The third-order valence-corrected chi connectivity index (χ3v) is 3.17. The summed E-state index contributed by atoms with van der Waals surface area (Å²) in [5.74, 6) is 0.530. The molecule has 1 fully saturated rings. The van der Waals surface area contributed by atoms with E-state index in [9.17, 15) is 18.3 Å². The fourth-order valence-electron chi connectivity index (χ4n) is 2.19. The number of rotatable bonds is 3. The quantitative estimate of drug-likeness (QED) is 0.878. The number of hydrogen-bond acceptors (Lipinski definition) is 3. The Morgan fingerprint density at radius 2 is 2.17 bits per heavy atom. The van der Waals surface area contributed by atoms with Gasteiger partial charge < -0.3 is 10.4 Å². The van der Waals surface area contributed by atoms with Gasteiger partial charge in [-0.3, -0.25) is 0 Å². The monoisotopic (exact) mass is 260 g/mol. The van der Waals surface area contributed by atoms with Crippen molar-refractivity contribution in [3.05, 3.63) is 23.9 Å². The lowest BCUT2D eigenvalue weighted by Crippen LogP contribution is -2.14. The molecule has 2 rings (SSSR count). The molecule has 2 N–H and O–H groups in total. The molecule has 2 atom stereocenters. The Balaban J connectivity index is 1.93. The molecule has 1 aliphatic rings. The number of hydrogen-bond donors (Lipinski definition) is 2. The van der Waals surface area contributed by atoms with Crippen LogP contribution in [0, 0.1) is 5.92 Å². The predicted octanol–water partition coefficient (Wildman–Crippen LogP) is 2.67. The van der Waals surface area contributed by atoms with Crippen molar-refractivity contribution in [1.29, 1.82) is 0 Å². The van der Waals surface area contributed by atoms with Gasteiger partial charge in [-0.15, -0.1) is 0 Å². The lowest BCUT2D eigenvalue weighted by atomic mass is 10.1. The maximum Gasteiger partial charge on any atom is 0.416 e. The average molecular weight is 260 g/mol. The van der Waals surface area contributed by atoms with Gasteiger partial charge >= 0.3 is 6.18 Å². The second kappa shape index (κ2) is 5.14. The largest absolute Gasteiger partial charge is 0.416 e. The minimum absolute atomic E-state index is 0.228. The lowest BCUT2D eigenvalue weighted by molar-refractivity contribution is -0.137. The van der Waals surface area contributed by atoms with Crippen molar-refractivity contribution in [3.8, 4) is 0 Å². The molecule has 0 spiro atoms. The molecule has 0 amide bonds. The van der Waals surface area contributed by atoms with Crippen molar-refractivity contribution in [1.82, 2.24) is 4.98 Å². The number of aliphatic hydroxyl groups excluding tert-OH is 1. The molecule has 0 aromatic carbocycles. The van der Waals surface area contributed by atoms with Crippen molar-refractivity contribution >= 4 is 5.82 Å². The molecule has 1 aromatic heterocycles. The van der Waals surface area contributed by atoms with E-state index in [0.29, 0.717) is 18.9 Å². The Morgan fingerprint density at radius 1 is 1.39 bits per heavy atom. The van der Waals surface area contributed by atoms with E-state index in [0.717, 1.165) is 31.2 Å². The highest BCUT2D eigenvalue weighted by molar-refractivity contribution is 5.38. The van der Waals surface area contributed by atoms with Crippen LogP contribution in [0.5, 0.6) is 0 Å². The Hall–Kier alpha value is -1.30. The first-order chi connectivity index (χ1) is 8.45. The van der Waals surface area contributed by atoms with Gasteiger partial charge in [-0.25, -0.2) is 4.98 Å². The molecular weight excluding hydrogens is 245 g/mol. The SMILES string of the molecule is OC1CCC(CNc2cc(C(F)(F)F)ccn2)C1. The van der Waals surface area contributed by atoms with Crippen LogP contribution in [0.1, 0.15) is 24.8 Å². The highest BCUT2D eigenvalue weighted by Gasteiger charge is 2.30. The van der Waals surface area contributed by atoms with Crippen LogP contribution in [0.2, 0.25) is 0 Å². The summed E-state index contributed by atoms with van der Waals surface area (Å²) in [5.41, 5.74) is -0.702. The number of pyridine rings is 1. The fourth-order valence-corrected chi connectivity index (χ4v) is 2.19. The van der Waals surface area contributed by atoms with Crippen molar-refractivity contribution in [3.63, 3.8) is 0 Å². The smallest absolute Gasteiger partial charge is 0.393 e. The number of aliphatic hydroxyl groups is 1. The van der Waals surface area contributed by atoms with Gasteiger partial charge in [-0.2, -0.15) is 13.2 Å². The van der Waals surface area contributed by atoms with Crippen LogP contribution in [-0.4, -0.2) is 22.7 Å². The van der Waals surface area contributed by atoms with E-state index in [-0.39, 0.29) is 11.9 Å². The Kier molecular flexibility index (Phi) is 3.75. The van der Waals surface area contributed by atoms with E-state index in [1.807, 2.05) is 0 Å². The minimum atomic E-state index is -4.34. The van der Waals surface area contributed by atoms with Crippen molar-refractivity contribution in [2.75, 3.05) is 11.9 Å². The summed E-state index contributed by atoms with van der Waals surface area (Å²) >= 11 is 0. The topological polar surface area (TPSA) is 45.1 Å². The summed E-state index contributed by atoms with van der Waals surface area (Å²) in [7, 11) is 0. The Bertz CT molecular complexity index is 409. The summed E-state index contributed by atoms with van der Waals surface area (Å²) in [6.07, 6.45) is -1.11. The number of nitrogens with one attached hydrogen (secondary N) is 1. The molecule has 1 saturated carbocycles. The van der Waals surface area contributed by atoms with Gasteiger partial charge in [0.15, 0.2) is 0 Å². The average Bonchev–Trinajstić information content (AvgIpc) is 2.72. The molecule has 1 heterocycles. The minimum Gasteiger partial charge on any atom is -0.393 e. The van der Waals surface area contributed by atoms with Crippen molar-refractivity contribution in [2.45, 2.75) is 31.5 Å². The van der Waals surface area contributed by atoms with E-state index >= 15 is 0 Å². The van der Waals surface area contributed by atoms with E-state index in [1.54, 1.807) is 0 Å². The predicted molar refractivity (Wildman–Crippen MR) is 61.1 cm³/mol. The number of halogens is 3. The van der Waals surface area contributed by atoms with Crippen LogP contribution < -0.4 is 5.32 Å². The zero-order chi connectivity index (χ0) is 13.2. The standard InChI is InChI=1S/C12H15F3N2O/c13-12(14,15)9-3-4-16-11(6-9)17-7-8-1-2-10(18)5-8/h3-4,6,8,10,18H,1-2,5,7H2,(H,16,17). The van der Waals surface area contributed by atoms with Gasteiger partial charge in [0.25, 0.3) is 0 Å². The number of aromatic nitrogens is 1. The molecule has 1 aromatic rings. The molecule has 0 bridgehead atoms. The zero-order valence-electron chi connectivity index (χ0n) is 9.74. The Labute approximate surface area is 103 Å². The van der Waals surface area contributed by atoms with Gasteiger partial charge in [0.1, 0.15) is 5.82 Å². The van der Waals surface area contributed by atoms with Crippen LogP contribution in [0.15, 0.2) is 18.3 Å². The summed E-state index contributed by atoms with van der Waals surface area (Å²) in [4.78, 5) is 3.86. The van der Waals surface area contributed by atoms with E-state index < -0.39 is 11.7 Å². The van der Waals surface area contributed by atoms with Crippen molar-refractivity contribution in [2.24, 2.45) is 5.92 Å². The van der Waals surface area contributed by atoms with E-state index in [1.165, 1.54) is 0 Å². The molecule has 6 heteroatoms. The number of alkyl halides is 3. The third kappa shape index (κ3) is 3.35. The van der Waals surface area contributed by atoms with Gasteiger partial charge in [-0.05, 0) is 37.3 Å². The fraction of sp³-hybridized carbons (Fsp3) is 0.583. The van der Waals surface area contributed by atoms with E-state index in [4.69, 9.17) is 0 Å². The first-order valence-corrected chi connectivity index (χ1v) is 5.90. The molecule has 3 nitrogen and oxygen atoms in total. The molecule has 18 heavy (non-hydrogen) atoms. The molecule has 0 aliphatic heterocycles. The molecule has 0 saturated heterocycles. The summed E-state index contributed by atoms with van der Waals surface area (Å²) in [5, 5.41) is 12.3. The van der Waals surface area contributed by atoms with Crippen LogP contribution in [0.4, 0.5) is 19.0 Å². The highest BCUT2D eigenvalue weighted by Crippen LogP contribution is 2.30. The molecule has 1 aliphatic carbocycles.